The molecular weight excluding hydrogens is 346 g/mol. The first kappa shape index (κ1) is 16.6. The number of amides is 1. The molecule has 1 aromatic rings. The molecule has 1 aromatic carbocycles. The van der Waals surface area contributed by atoms with E-state index in [1.165, 1.54) is 0 Å². The summed E-state index contributed by atoms with van der Waals surface area (Å²) >= 11 is 3.30. The summed E-state index contributed by atoms with van der Waals surface area (Å²) in [6, 6.07) is 6.83. The van der Waals surface area contributed by atoms with E-state index in [1.807, 2.05) is 0 Å². The van der Waals surface area contributed by atoms with Gasteiger partial charge in [-0.25, -0.2) is 0 Å². The largest absolute Gasteiger partial charge is 0.356 e. The van der Waals surface area contributed by atoms with Crippen molar-refractivity contribution >= 4 is 33.4 Å². The minimum atomic E-state index is -0.138. The van der Waals surface area contributed by atoms with Gasteiger partial charge >= 0.3 is 0 Å². The lowest BCUT2D eigenvalue weighted by atomic mass is 9.83. The summed E-state index contributed by atoms with van der Waals surface area (Å²) in [4.78, 5) is 36.6. The normalized spacial score (nSPS) is 14.1. The van der Waals surface area contributed by atoms with Gasteiger partial charge in [-0.2, -0.15) is 0 Å². The Balaban J connectivity index is 2.08. The molecule has 0 saturated heterocycles. The van der Waals surface area contributed by atoms with Gasteiger partial charge in [0.1, 0.15) is 0 Å². The van der Waals surface area contributed by atoms with Gasteiger partial charge in [-0.1, -0.05) is 40.2 Å². The number of hydrogen-bond donors (Lipinski definition) is 1. The van der Waals surface area contributed by atoms with Crippen LogP contribution in [0.2, 0.25) is 0 Å². The molecule has 0 bridgehead atoms. The summed E-state index contributed by atoms with van der Waals surface area (Å²) in [7, 11) is 0. The molecule has 0 fully saturated rings. The quantitative estimate of drug-likeness (QED) is 0.623. The summed E-state index contributed by atoms with van der Waals surface area (Å²) in [6.45, 7) is 2.27. The Kier molecular flexibility index (Phi) is 5.66. The van der Waals surface area contributed by atoms with Crippen molar-refractivity contribution in [2.45, 2.75) is 26.2 Å². The fourth-order valence-electron chi connectivity index (χ4n) is 2.47. The monoisotopic (exact) mass is 363 g/mol. The second-order valence-corrected chi connectivity index (χ2v) is 5.99. The van der Waals surface area contributed by atoms with Crippen molar-refractivity contribution in [2.75, 3.05) is 11.9 Å². The van der Waals surface area contributed by atoms with E-state index in [2.05, 4.69) is 21.2 Å². The maximum atomic E-state index is 12.5. The van der Waals surface area contributed by atoms with Gasteiger partial charge in [0.15, 0.2) is 11.6 Å². The Morgan fingerprint density at radius 3 is 2.41 bits per heavy atom. The lowest BCUT2D eigenvalue weighted by Gasteiger charge is -2.18. The molecule has 116 valence electrons. The molecule has 1 amide bonds. The SMILES string of the molecule is CC1=C(CCC(=O)NCCCBr)C(=O)c2ccccc2C1=O. The highest BCUT2D eigenvalue weighted by atomic mass is 79.9. The summed E-state index contributed by atoms with van der Waals surface area (Å²) in [6.07, 6.45) is 1.37. The average molecular weight is 364 g/mol. The lowest BCUT2D eigenvalue weighted by Crippen LogP contribution is -2.26. The van der Waals surface area contributed by atoms with Crippen molar-refractivity contribution in [1.82, 2.24) is 5.32 Å². The van der Waals surface area contributed by atoms with Crippen LogP contribution in [0.1, 0.15) is 46.9 Å². The van der Waals surface area contributed by atoms with Crippen molar-refractivity contribution in [2.24, 2.45) is 0 Å². The van der Waals surface area contributed by atoms with Crippen LogP contribution in [0, 0.1) is 0 Å². The van der Waals surface area contributed by atoms with Crippen molar-refractivity contribution in [3.63, 3.8) is 0 Å². The van der Waals surface area contributed by atoms with Crippen molar-refractivity contribution in [3.8, 4) is 0 Å². The number of fused-ring (bicyclic) bond motifs is 1. The minimum absolute atomic E-state index is 0.0969. The fourth-order valence-corrected chi connectivity index (χ4v) is 2.75. The van der Waals surface area contributed by atoms with Crippen LogP contribution in [-0.2, 0) is 4.79 Å². The number of alkyl halides is 1. The first-order valence-electron chi connectivity index (χ1n) is 7.27. The van der Waals surface area contributed by atoms with Crippen LogP contribution in [0.15, 0.2) is 35.4 Å². The number of allylic oxidation sites excluding steroid dienone is 2. The maximum Gasteiger partial charge on any atom is 0.220 e. The molecule has 0 heterocycles. The molecule has 1 aliphatic carbocycles. The van der Waals surface area contributed by atoms with Gasteiger partial charge in [-0.05, 0) is 19.8 Å². The Labute approximate surface area is 138 Å². The van der Waals surface area contributed by atoms with E-state index in [-0.39, 0.29) is 23.9 Å². The van der Waals surface area contributed by atoms with Gasteiger partial charge in [0.2, 0.25) is 5.91 Å². The summed E-state index contributed by atoms with van der Waals surface area (Å²) in [5.74, 6) is -0.355. The summed E-state index contributed by atoms with van der Waals surface area (Å²) < 4.78 is 0. The molecule has 5 heteroatoms. The second kappa shape index (κ2) is 7.49. The molecule has 1 aliphatic rings. The maximum absolute atomic E-state index is 12.5. The highest BCUT2D eigenvalue weighted by Gasteiger charge is 2.29. The van der Waals surface area contributed by atoms with E-state index in [9.17, 15) is 14.4 Å². The molecular formula is C17H18BrNO3. The topological polar surface area (TPSA) is 63.2 Å². The van der Waals surface area contributed by atoms with Gasteiger partial charge in [0.05, 0.1) is 0 Å². The summed E-state index contributed by atoms with van der Waals surface area (Å²) in [5, 5.41) is 3.63. The third kappa shape index (κ3) is 3.53. The van der Waals surface area contributed by atoms with Gasteiger partial charge < -0.3 is 5.32 Å². The van der Waals surface area contributed by atoms with E-state index in [0.29, 0.717) is 35.2 Å². The zero-order valence-corrected chi connectivity index (χ0v) is 14.0. The van der Waals surface area contributed by atoms with Crippen LogP contribution in [0.5, 0.6) is 0 Å². The Morgan fingerprint density at radius 2 is 1.77 bits per heavy atom. The van der Waals surface area contributed by atoms with E-state index in [1.54, 1.807) is 31.2 Å². The van der Waals surface area contributed by atoms with Gasteiger partial charge in [0, 0.05) is 40.6 Å². The van der Waals surface area contributed by atoms with Crippen LogP contribution in [0.25, 0.3) is 0 Å². The van der Waals surface area contributed by atoms with Gasteiger partial charge in [-0.3, -0.25) is 14.4 Å². The number of carbonyl (C=O) groups is 3. The molecule has 2 rings (SSSR count). The summed E-state index contributed by atoms with van der Waals surface area (Å²) in [5.41, 5.74) is 1.81. The Bertz CT molecular complexity index is 649. The van der Waals surface area contributed by atoms with E-state index in [4.69, 9.17) is 0 Å². The van der Waals surface area contributed by atoms with Gasteiger partial charge in [-0.15, -0.1) is 0 Å². The Hall–Kier alpha value is -1.75. The number of halogens is 1. The third-order valence-electron chi connectivity index (χ3n) is 3.72. The predicted octanol–water partition coefficient (Wildman–Crippen LogP) is 3.06. The molecule has 1 N–H and O–H groups in total. The number of carbonyl (C=O) groups excluding carboxylic acids is 3. The molecule has 0 spiro atoms. The molecule has 4 nitrogen and oxygen atoms in total. The number of rotatable bonds is 6. The average Bonchev–Trinajstić information content (AvgIpc) is 2.53. The van der Waals surface area contributed by atoms with E-state index < -0.39 is 0 Å². The number of nitrogens with one attached hydrogen (secondary N) is 1. The predicted molar refractivity (Wildman–Crippen MR) is 88.5 cm³/mol. The number of Topliss-reactive ketones (excluding diaryl/α,β-unsaturated/α-hetero) is 2. The van der Waals surface area contributed by atoms with Crippen LogP contribution < -0.4 is 5.32 Å². The van der Waals surface area contributed by atoms with Crippen LogP contribution in [0.4, 0.5) is 0 Å². The highest BCUT2D eigenvalue weighted by molar-refractivity contribution is 9.09. The molecule has 0 atom stereocenters. The van der Waals surface area contributed by atoms with Crippen LogP contribution in [0.3, 0.4) is 0 Å². The number of hydrogen-bond acceptors (Lipinski definition) is 3. The zero-order chi connectivity index (χ0) is 16.1. The molecule has 0 unspecified atom stereocenters. The smallest absolute Gasteiger partial charge is 0.220 e. The van der Waals surface area contributed by atoms with Crippen LogP contribution >= 0.6 is 15.9 Å². The van der Waals surface area contributed by atoms with Crippen molar-refractivity contribution in [3.05, 3.63) is 46.5 Å². The second-order valence-electron chi connectivity index (χ2n) is 5.20. The molecule has 0 saturated carbocycles. The van der Waals surface area contributed by atoms with Crippen LogP contribution in [-0.4, -0.2) is 29.3 Å². The van der Waals surface area contributed by atoms with E-state index in [0.717, 1.165) is 11.8 Å². The third-order valence-corrected chi connectivity index (χ3v) is 4.28. The number of ketones is 2. The van der Waals surface area contributed by atoms with Crippen molar-refractivity contribution in [1.29, 1.82) is 0 Å². The molecule has 0 radical (unpaired) electrons. The van der Waals surface area contributed by atoms with E-state index >= 15 is 0 Å². The highest BCUT2D eigenvalue weighted by Crippen LogP contribution is 2.28. The Morgan fingerprint density at radius 1 is 1.14 bits per heavy atom. The first-order valence-corrected chi connectivity index (χ1v) is 8.39. The minimum Gasteiger partial charge on any atom is -0.356 e. The number of benzene rings is 1. The molecule has 0 aromatic heterocycles. The molecule has 22 heavy (non-hydrogen) atoms. The van der Waals surface area contributed by atoms with Crippen molar-refractivity contribution < 1.29 is 14.4 Å². The standard InChI is InChI=1S/C17H18BrNO3/c1-11-12(7-8-15(20)19-10-4-9-18)17(22)14-6-3-2-5-13(14)16(11)21/h2-3,5-6H,4,7-10H2,1H3,(H,19,20). The fraction of sp³-hybridized carbons (Fsp3) is 0.353. The zero-order valence-electron chi connectivity index (χ0n) is 12.4. The molecule has 0 aliphatic heterocycles. The van der Waals surface area contributed by atoms with Gasteiger partial charge in [0.25, 0.3) is 0 Å². The lowest BCUT2D eigenvalue weighted by molar-refractivity contribution is -0.121. The first-order chi connectivity index (χ1) is 10.6.